The van der Waals surface area contributed by atoms with E-state index >= 15 is 0 Å². The first-order valence-corrected chi connectivity index (χ1v) is 12.1. The Balaban J connectivity index is 1.40. The van der Waals surface area contributed by atoms with Crippen LogP contribution in [0, 0.1) is 5.92 Å². The summed E-state index contributed by atoms with van der Waals surface area (Å²) in [6.07, 6.45) is 1.25. The number of ether oxygens (including phenoxy) is 1. The van der Waals surface area contributed by atoms with Gasteiger partial charge in [0.25, 0.3) is 0 Å². The lowest BCUT2D eigenvalue weighted by molar-refractivity contribution is -0.136. The molecule has 9 nitrogen and oxygen atoms in total. The van der Waals surface area contributed by atoms with Crippen molar-refractivity contribution in [2.45, 2.75) is 24.3 Å². The molecule has 0 N–H and O–H groups in total. The lowest BCUT2D eigenvalue weighted by Crippen LogP contribution is -2.45. The molecule has 1 aliphatic heterocycles. The summed E-state index contributed by atoms with van der Waals surface area (Å²) in [4.78, 5) is 19.2. The van der Waals surface area contributed by atoms with Crippen LogP contribution >= 0.6 is 0 Å². The van der Waals surface area contributed by atoms with Gasteiger partial charge in [-0.15, -0.1) is 0 Å². The number of hydrogen-bond acceptors (Lipinski definition) is 7. The van der Waals surface area contributed by atoms with E-state index in [2.05, 4.69) is 10.1 Å². The van der Waals surface area contributed by atoms with Gasteiger partial charge in [-0.05, 0) is 49.2 Å². The van der Waals surface area contributed by atoms with Crippen LogP contribution in [0.25, 0.3) is 11.4 Å². The van der Waals surface area contributed by atoms with Gasteiger partial charge in [0.05, 0.1) is 24.5 Å². The van der Waals surface area contributed by atoms with Crippen molar-refractivity contribution in [3.05, 3.63) is 60.5 Å². The van der Waals surface area contributed by atoms with E-state index in [9.17, 15) is 13.2 Å². The van der Waals surface area contributed by atoms with Gasteiger partial charge >= 0.3 is 0 Å². The molecule has 174 valence electrons. The summed E-state index contributed by atoms with van der Waals surface area (Å²) in [6.45, 7) is 0.699. The van der Waals surface area contributed by atoms with Crippen molar-refractivity contribution in [3.8, 4) is 17.1 Å². The monoisotopic (exact) mass is 470 g/mol. The number of amides is 1. The Hall–Kier alpha value is -3.24. The normalized spacial score (nSPS) is 17.0. The highest BCUT2D eigenvalue weighted by Gasteiger charge is 2.34. The molecule has 1 aromatic heterocycles. The lowest BCUT2D eigenvalue weighted by Gasteiger charge is -2.33. The van der Waals surface area contributed by atoms with Crippen LogP contribution in [0.5, 0.6) is 5.75 Å². The van der Waals surface area contributed by atoms with E-state index in [1.54, 1.807) is 56.6 Å². The van der Waals surface area contributed by atoms with E-state index < -0.39 is 15.9 Å². The Morgan fingerprint density at radius 2 is 1.91 bits per heavy atom. The predicted octanol–water partition coefficient (Wildman–Crippen LogP) is 2.80. The fourth-order valence-electron chi connectivity index (χ4n) is 3.87. The standard InChI is InChI=1S/C23H26N4O5S/c1-26(16-21-24-22(25-32-21)17-10-12-19(31-2)13-11-17)23(28)18-7-6-14-27(15-18)33(29,30)20-8-4-3-5-9-20/h3-5,8-13,18H,6-7,14-16H2,1-2H3. The summed E-state index contributed by atoms with van der Waals surface area (Å²) >= 11 is 0. The molecule has 1 aliphatic rings. The molecular weight excluding hydrogens is 444 g/mol. The number of carbonyl (C=O) groups is 1. The van der Waals surface area contributed by atoms with Crippen LogP contribution in [0.4, 0.5) is 0 Å². The van der Waals surface area contributed by atoms with E-state index in [-0.39, 0.29) is 23.9 Å². The number of carbonyl (C=O) groups excluding carboxylic acids is 1. The Kier molecular flexibility index (Phi) is 6.75. The Labute approximate surface area is 193 Å². The van der Waals surface area contributed by atoms with Gasteiger partial charge in [0.1, 0.15) is 5.75 Å². The summed E-state index contributed by atoms with van der Waals surface area (Å²) in [6, 6.07) is 15.6. The first kappa shape index (κ1) is 22.9. The van der Waals surface area contributed by atoms with Gasteiger partial charge < -0.3 is 14.2 Å². The van der Waals surface area contributed by atoms with E-state index in [0.717, 1.165) is 11.3 Å². The average molecular weight is 471 g/mol. The molecule has 0 bridgehead atoms. The number of benzene rings is 2. The summed E-state index contributed by atoms with van der Waals surface area (Å²) in [5.74, 6) is 0.884. The van der Waals surface area contributed by atoms with Crippen molar-refractivity contribution in [1.82, 2.24) is 19.3 Å². The van der Waals surface area contributed by atoms with Gasteiger partial charge in [0, 0.05) is 25.7 Å². The molecule has 1 fully saturated rings. The minimum atomic E-state index is -3.63. The predicted molar refractivity (Wildman–Crippen MR) is 121 cm³/mol. The number of piperidine rings is 1. The van der Waals surface area contributed by atoms with Gasteiger partial charge in [0.15, 0.2) is 0 Å². The number of aromatic nitrogens is 2. The fourth-order valence-corrected chi connectivity index (χ4v) is 5.42. The van der Waals surface area contributed by atoms with Crippen LogP contribution in [0.1, 0.15) is 18.7 Å². The maximum Gasteiger partial charge on any atom is 0.246 e. The minimum Gasteiger partial charge on any atom is -0.497 e. The van der Waals surface area contributed by atoms with Crippen LogP contribution < -0.4 is 4.74 Å². The van der Waals surface area contributed by atoms with Crippen LogP contribution in [-0.4, -0.2) is 60.9 Å². The van der Waals surface area contributed by atoms with Crippen molar-refractivity contribution in [3.63, 3.8) is 0 Å². The van der Waals surface area contributed by atoms with Gasteiger partial charge in [-0.2, -0.15) is 9.29 Å². The second-order valence-corrected chi connectivity index (χ2v) is 9.89. The van der Waals surface area contributed by atoms with Crippen LogP contribution in [0.2, 0.25) is 0 Å². The molecule has 0 radical (unpaired) electrons. The first-order valence-electron chi connectivity index (χ1n) is 10.7. The van der Waals surface area contributed by atoms with Crippen molar-refractivity contribution < 1.29 is 22.5 Å². The smallest absolute Gasteiger partial charge is 0.246 e. The molecular formula is C23H26N4O5S. The van der Waals surface area contributed by atoms with Crippen molar-refractivity contribution >= 4 is 15.9 Å². The molecule has 4 rings (SSSR count). The fraction of sp³-hybridized carbons (Fsp3) is 0.348. The van der Waals surface area contributed by atoms with Crippen molar-refractivity contribution in [2.24, 2.45) is 5.92 Å². The number of rotatable bonds is 7. The van der Waals surface area contributed by atoms with Crippen molar-refractivity contribution in [1.29, 1.82) is 0 Å². The maximum atomic E-state index is 13.1. The molecule has 3 aromatic rings. The van der Waals surface area contributed by atoms with E-state index in [1.807, 2.05) is 12.1 Å². The van der Waals surface area contributed by atoms with Gasteiger partial charge in [0.2, 0.25) is 27.6 Å². The minimum absolute atomic E-state index is 0.143. The zero-order valence-electron chi connectivity index (χ0n) is 18.5. The quantitative estimate of drug-likeness (QED) is 0.523. The molecule has 0 aliphatic carbocycles. The molecule has 0 saturated carbocycles. The number of hydrogen-bond donors (Lipinski definition) is 0. The number of nitrogens with zero attached hydrogens (tertiary/aromatic N) is 4. The molecule has 2 heterocycles. The number of methoxy groups -OCH3 is 1. The molecule has 1 atom stereocenters. The second kappa shape index (κ2) is 9.72. The van der Waals surface area contributed by atoms with Gasteiger partial charge in [-0.3, -0.25) is 4.79 Å². The van der Waals surface area contributed by atoms with E-state index in [1.165, 1.54) is 9.21 Å². The molecule has 1 unspecified atom stereocenters. The molecule has 0 spiro atoms. The summed E-state index contributed by atoms with van der Waals surface area (Å²) < 4.78 is 37.8. The summed E-state index contributed by atoms with van der Waals surface area (Å²) in [5, 5.41) is 3.99. The highest BCUT2D eigenvalue weighted by Crippen LogP contribution is 2.25. The van der Waals surface area contributed by atoms with Crippen LogP contribution in [-0.2, 0) is 21.4 Å². The summed E-state index contributed by atoms with van der Waals surface area (Å²) in [7, 11) is -0.381. The van der Waals surface area contributed by atoms with E-state index in [4.69, 9.17) is 9.26 Å². The zero-order valence-corrected chi connectivity index (χ0v) is 19.4. The molecule has 10 heteroatoms. The lowest BCUT2D eigenvalue weighted by atomic mass is 9.98. The molecule has 1 amide bonds. The number of sulfonamides is 1. The Morgan fingerprint density at radius 1 is 1.18 bits per heavy atom. The topological polar surface area (TPSA) is 106 Å². The third kappa shape index (κ3) is 5.07. The molecule has 33 heavy (non-hydrogen) atoms. The van der Waals surface area contributed by atoms with Crippen LogP contribution in [0.3, 0.4) is 0 Å². The Morgan fingerprint density at radius 3 is 2.61 bits per heavy atom. The van der Waals surface area contributed by atoms with Gasteiger partial charge in [-0.1, -0.05) is 23.4 Å². The third-order valence-corrected chi connectivity index (χ3v) is 7.56. The van der Waals surface area contributed by atoms with Gasteiger partial charge in [-0.25, -0.2) is 8.42 Å². The molecule has 2 aromatic carbocycles. The maximum absolute atomic E-state index is 13.1. The van der Waals surface area contributed by atoms with Crippen LogP contribution in [0.15, 0.2) is 64.0 Å². The average Bonchev–Trinajstić information content (AvgIpc) is 3.32. The first-order chi connectivity index (χ1) is 15.9. The van der Waals surface area contributed by atoms with Crippen molar-refractivity contribution in [2.75, 3.05) is 27.2 Å². The second-order valence-electron chi connectivity index (χ2n) is 7.95. The molecule has 1 saturated heterocycles. The largest absolute Gasteiger partial charge is 0.497 e. The highest BCUT2D eigenvalue weighted by molar-refractivity contribution is 7.89. The zero-order chi connectivity index (χ0) is 23.4. The highest BCUT2D eigenvalue weighted by atomic mass is 32.2. The SMILES string of the molecule is COc1ccc(-c2noc(CN(C)C(=O)C3CCCN(S(=O)(=O)c4ccccc4)C3)n2)cc1. The Bertz CT molecular complexity index is 1200. The third-order valence-electron chi connectivity index (χ3n) is 5.68. The van der Waals surface area contributed by atoms with E-state index in [0.29, 0.717) is 31.1 Å². The summed E-state index contributed by atoms with van der Waals surface area (Å²) in [5.41, 5.74) is 0.772.